The smallest absolute Gasteiger partial charge is 0.303 e. The van der Waals surface area contributed by atoms with Crippen LogP contribution < -0.4 is 0 Å². The minimum atomic E-state index is -0.292. The summed E-state index contributed by atoms with van der Waals surface area (Å²) in [6.07, 6.45) is 5.08. The first kappa shape index (κ1) is 10.2. The topological polar surface area (TPSA) is 52.6 Å². The Balaban J connectivity index is 2.05. The van der Waals surface area contributed by atoms with E-state index in [-0.39, 0.29) is 29.6 Å². The van der Waals surface area contributed by atoms with Crippen molar-refractivity contribution in [2.24, 2.45) is 5.41 Å². The Morgan fingerprint density at radius 3 is 1.73 bits per heavy atom. The van der Waals surface area contributed by atoms with Gasteiger partial charge in [-0.1, -0.05) is 0 Å². The lowest BCUT2D eigenvalue weighted by molar-refractivity contribution is -0.153. The lowest BCUT2D eigenvalue weighted by Crippen LogP contribution is -2.32. The highest BCUT2D eigenvalue weighted by Gasteiger charge is 2.59. The Morgan fingerprint density at radius 2 is 1.47 bits per heavy atom. The van der Waals surface area contributed by atoms with Crippen molar-refractivity contribution in [1.29, 1.82) is 0 Å². The first-order valence-corrected chi connectivity index (χ1v) is 5.07. The molecule has 1 saturated carbocycles. The van der Waals surface area contributed by atoms with E-state index < -0.39 is 0 Å². The number of carbonyl (C=O) groups excluding carboxylic acids is 2. The van der Waals surface area contributed by atoms with Crippen LogP contribution >= 0.6 is 0 Å². The Morgan fingerprint density at radius 1 is 1.07 bits per heavy atom. The standard InChI is InChI=1S/C11H14O4/c1-7(12)14-9-3-4-10(15-8(2)13)11(9)5-6-11/h3-4,9-10H,5-6H2,1-2H3. The Labute approximate surface area is 88.2 Å². The van der Waals surface area contributed by atoms with Crippen LogP contribution in [-0.4, -0.2) is 24.1 Å². The summed E-state index contributed by atoms with van der Waals surface area (Å²) in [7, 11) is 0. The second-order valence-corrected chi connectivity index (χ2v) is 4.18. The molecule has 0 aromatic heterocycles. The van der Waals surface area contributed by atoms with E-state index in [0.29, 0.717) is 0 Å². The van der Waals surface area contributed by atoms with Gasteiger partial charge in [-0.3, -0.25) is 9.59 Å². The van der Waals surface area contributed by atoms with Crippen molar-refractivity contribution >= 4 is 11.9 Å². The molecule has 0 aromatic carbocycles. The van der Waals surface area contributed by atoms with E-state index in [1.165, 1.54) is 13.8 Å². The largest absolute Gasteiger partial charge is 0.458 e. The number of esters is 2. The molecule has 2 unspecified atom stereocenters. The molecule has 82 valence electrons. The van der Waals surface area contributed by atoms with Crippen LogP contribution in [0, 0.1) is 5.41 Å². The molecule has 4 heteroatoms. The van der Waals surface area contributed by atoms with Gasteiger partial charge >= 0.3 is 11.9 Å². The van der Waals surface area contributed by atoms with Crippen molar-refractivity contribution in [1.82, 2.24) is 0 Å². The van der Waals surface area contributed by atoms with Crippen molar-refractivity contribution in [2.45, 2.75) is 38.9 Å². The summed E-state index contributed by atoms with van der Waals surface area (Å²) in [5.41, 5.74) is -0.155. The number of carbonyl (C=O) groups is 2. The van der Waals surface area contributed by atoms with Gasteiger partial charge in [-0.05, 0) is 25.0 Å². The summed E-state index contributed by atoms with van der Waals surface area (Å²) in [4.78, 5) is 21.8. The van der Waals surface area contributed by atoms with Crippen molar-refractivity contribution in [3.8, 4) is 0 Å². The third-order valence-corrected chi connectivity index (χ3v) is 3.01. The zero-order valence-electron chi connectivity index (χ0n) is 8.86. The van der Waals surface area contributed by atoms with Gasteiger partial charge in [-0.2, -0.15) is 0 Å². The average molecular weight is 210 g/mol. The molecule has 2 atom stereocenters. The highest BCUT2D eigenvalue weighted by molar-refractivity contribution is 5.68. The highest BCUT2D eigenvalue weighted by Crippen LogP contribution is 2.57. The quantitative estimate of drug-likeness (QED) is 0.507. The SMILES string of the molecule is CC(=O)OC1C=CC(OC(C)=O)C12CC2. The van der Waals surface area contributed by atoms with Crippen LogP contribution in [0.5, 0.6) is 0 Å². The first-order valence-electron chi connectivity index (χ1n) is 5.07. The maximum Gasteiger partial charge on any atom is 0.303 e. The molecule has 4 nitrogen and oxygen atoms in total. The van der Waals surface area contributed by atoms with E-state index in [2.05, 4.69) is 0 Å². The van der Waals surface area contributed by atoms with E-state index in [4.69, 9.17) is 9.47 Å². The fourth-order valence-corrected chi connectivity index (χ4v) is 2.13. The number of ether oxygens (including phenoxy) is 2. The highest BCUT2D eigenvalue weighted by atomic mass is 16.6. The van der Waals surface area contributed by atoms with Gasteiger partial charge in [0.15, 0.2) is 0 Å². The summed E-state index contributed by atoms with van der Waals surface area (Å²) in [6.45, 7) is 2.78. The summed E-state index contributed by atoms with van der Waals surface area (Å²) in [5.74, 6) is -0.584. The van der Waals surface area contributed by atoms with Crippen LogP contribution in [0.25, 0.3) is 0 Å². The maximum absolute atomic E-state index is 10.9. The second-order valence-electron chi connectivity index (χ2n) is 4.18. The minimum absolute atomic E-state index is 0.155. The van der Waals surface area contributed by atoms with E-state index >= 15 is 0 Å². The van der Waals surface area contributed by atoms with Crippen LogP contribution in [0.3, 0.4) is 0 Å². The molecule has 1 fully saturated rings. The Hall–Kier alpha value is -1.32. The Bertz CT molecular complexity index is 299. The molecule has 1 spiro atoms. The van der Waals surface area contributed by atoms with Gasteiger partial charge in [0, 0.05) is 13.8 Å². The van der Waals surface area contributed by atoms with Gasteiger partial charge in [-0.15, -0.1) is 0 Å². The van der Waals surface area contributed by atoms with Crippen LogP contribution in [0.15, 0.2) is 12.2 Å². The van der Waals surface area contributed by atoms with E-state index in [0.717, 1.165) is 12.8 Å². The van der Waals surface area contributed by atoms with Crippen molar-refractivity contribution in [2.75, 3.05) is 0 Å². The molecular formula is C11H14O4. The molecule has 0 bridgehead atoms. The number of hydrogen-bond acceptors (Lipinski definition) is 4. The third kappa shape index (κ3) is 1.76. The van der Waals surface area contributed by atoms with Crippen molar-refractivity contribution in [3.63, 3.8) is 0 Å². The molecule has 0 radical (unpaired) electrons. The third-order valence-electron chi connectivity index (χ3n) is 3.01. The molecule has 0 aliphatic heterocycles. The molecule has 0 aromatic rings. The van der Waals surface area contributed by atoms with Gasteiger partial charge in [0.1, 0.15) is 12.2 Å². The normalized spacial score (nSPS) is 30.3. The summed E-state index contributed by atoms with van der Waals surface area (Å²) < 4.78 is 10.4. The van der Waals surface area contributed by atoms with E-state index in [1.807, 2.05) is 12.2 Å². The predicted molar refractivity (Wildman–Crippen MR) is 51.9 cm³/mol. The molecule has 2 aliphatic carbocycles. The van der Waals surface area contributed by atoms with E-state index in [1.54, 1.807) is 0 Å². The summed E-state index contributed by atoms with van der Waals surface area (Å²) in [6, 6.07) is 0. The Kier molecular flexibility index (Phi) is 2.29. The van der Waals surface area contributed by atoms with Crippen LogP contribution in [0.2, 0.25) is 0 Å². The fraction of sp³-hybridized carbons (Fsp3) is 0.636. The first-order chi connectivity index (χ1) is 7.04. The summed E-state index contributed by atoms with van der Waals surface area (Å²) in [5, 5.41) is 0. The van der Waals surface area contributed by atoms with Gasteiger partial charge in [0.05, 0.1) is 5.41 Å². The zero-order valence-corrected chi connectivity index (χ0v) is 8.86. The molecule has 15 heavy (non-hydrogen) atoms. The lowest BCUT2D eigenvalue weighted by Gasteiger charge is -2.23. The monoisotopic (exact) mass is 210 g/mol. The lowest BCUT2D eigenvalue weighted by atomic mass is 9.99. The molecule has 0 amide bonds. The molecule has 2 rings (SSSR count). The molecule has 0 saturated heterocycles. The molecule has 0 heterocycles. The predicted octanol–water partition coefficient (Wildman–Crippen LogP) is 1.20. The van der Waals surface area contributed by atoms with Crippen LogP contribution in [0.4, 0.5) is 0 Å². The van der Waals surface area contributed by atoms with Crippen molar-refractivity contribution < 1.29 is 19.1 Å². The van der Waals surface area contributed by atoms with Crippen LogP contribution in [0.1, 0.15) is 26.7 Å². The average Bonchev–Trinajstić information content (AvgIpc) is 2.83. The number of rotatable bonds is 2. The van der Waals surface area contributed by atoms with Gasteiger partial charge < -0.3 is 9.47 Å². The number of hydrogen-bond donors (Lipinski definition) is 0. The summed E-state index contributed by atoms with van der Waals surface area (Å²) >= 11 is 0. The molecular weight excluding hydrogens is 196 g/mol. The van der Waals surface area contributed by atoms with E-state index in [9.17, 15) is 9.59 Å². The van der Waals surface area contributed by atoms with Crippen molar-refractivity contribution in [3.05, 3.63) is 12.2 Å². The fourth-order valence-electron chi connectivity index (χ4n) is 2.13. The van der Waals surface area contributed by atoms with Gasteiger partial charge in [0.25, 0.3) is 0 Å². The van der Waals surface area contributed by atoms with Gasteiger partial charge in [0.2, 0.25) is 0 Å². The maximum atomic E-state index is 10.9. The van der Waals surface area contributed by atoms with Crippen LogP contribution in [-0.2, 0) is 19.1 Å². The zero-order chi connectivity index (χ0) is 11.1. The second kappa shape index (κ2) is 3.36. The minimum Gasteiger partial charge on any atom is -0.458 e. The molecule has 2 aliphatic rings. The van der Waals surface area contributed by atoms with Gasteiger partial charge in [-0.25, -0.2) is 0 Å². The molecule has 0 N–H and O–H groups in total.